The van der Waals surface area contributed by atoms with Gasteiger partial charge in [-0.05, 0) is 6.07 Å². The zero-order chi connectivity index (χ0) is 14.2. The Morgan fingerprint density at radius 2 is 2.11 bits per heavy atom. The van der Waals surface area contributed by atoms with Crippen molar-refractivity contribution in [3.63, 3.8) is 0 Å². The highest BCUT2D eigenvalue weighted by atomic mass is 35.5. The third-order valence-electron chi connectivity index (χ3n) is 2.32. The number of halogens is 3. The van der Waals surface area contributed by atoms with Crippen molar-refractivity contribution >= 4 is 17.6 Å². The van der Waals surface area contributed by atoms with E-state index in [1.165, 1.54) is 0 Å². The molecule has 0 bridgehead atoms. The first kappa shape index (κ1) is 13.3. The molecule has 0 saturated heterocycles. The summed E-state index contributed by atoms with van der Waals surface area (Å²) >= 11 is 5.59. The molecule has 1 N–H and O–H groups in total. The minimum absolute atomic E-state index is 0.130. The van der Waals surface area contributed by atoms with Gasteiger partial charge in [0, 0.05) is 11.6 Å². The Bertz CT molecular complexity index is 656. The summed E-state index contributed by atoms with van der Waals surface area (Å²) in [5.74, 6) is -4.61. The summed E-state index contributed by atoms with van der Waals surface area (Å²) < 4.78 is 36.5. The predicted octanol–water partition coefficient (Wildman–Crippen LogP) is 2.98. The van der Waals surface area contributed by atoms with Crippen molar-refractivity contribution in [2.75, 3.05) is 7.11 Å². The Morgan fingerprint density at radius 3 is 2.63 bits per heavy atom. The zero-order valence-electron chi connectivity index (χ0n) is 9.41. The van der Waals surface area contributed by atoms with Crippen LogP contribution in [-0.4, -0.2) is 23.3 Å². The number of nitrogens with zero attached hydrogens (tertiary/aromatic N) is 1. The van der Waals surface area contributed by atoms with E-state index < -0.39 is 29.1 Å². The second-order valence-corrected chi connectivity index (χ2v) is 3.86. The molecule has 19 heavy (non-hydrogen) atoms. The number of aromatic carboxylic acids is 1. The third-order valence-corrected chi connectivity index (χ3v) is 2.59. The second-order valence-electron chi connectivity index (χ2n) is 3.45. The SMILES string of the molecule is COc1c(F)c(Cl)cc(-c2cc(C(=O)O)on2)c1F. The van der Waals surface area contributed by atoms with E-state index in [1.807, 2.05) is 0 Å². The molecule has 0 aliphatic carbocycles. The first-order chi connectivity index (χ1) is 8.95. The maximum atomic E-state index is 14.0. The van der Waals surface area contributed by atoms with Crippen molar-refractivity contribution in [1.29, 1.82) is 0 Å². The summed E-state index contributed by atoms with van der Waals surface area (Å²) in [5.41, 5.74) is -0.352. The summed E-state index contributed by atoms with van der Waals surface area (Å²) in [7, 11) is 1.08. The highest BCUT2D eigenvalue weighted by Crippen LogP contribution is 2.35. The van der Waals surface area contributed by atoms with Gasteiger partial charge in [-0.25, -0.2) is 13.6 Å². The van der Waals surface area contributed by atoms with Crippen LogP contribution in [0, 0.1) is 11.6 Å². The van der Waals surface area contributed by atoms with E-state index in [-0.39, 0.29) is 16.3 Å². The molecule has 0 saturated carbocycles. The Morgan fingerprint density at radius 1 is 1.42 bits per heavy atom. The van der Waals surface area contributed by atoms with E-state index >= 15 is 0 Å². The lowest BCUT2D eigenvalue weighted by molar-refractivity contribution is 0.0652. The number of carbonyl (C=O) groups is 1. The van der Waals surface area contributed by atoms with Gasteiger partial charge in [-0.15, -0.1) is 0 Å². The topological polar surface area (TPSA) is 72.6 Å². The molecular weight excluding hydrogens is 284 g/mol. The minimum atomic E-state index is -1.36. The lowest BCUT2D eigenvalue weighted by Crippen LogP contribution is -1.97. The highest BCUT2D eigenvalue weighted by Gasteiger charge is 2.22. The van der Waals surface area contributed by atoms with Crippen molar-refractivity contribution in [3.8, 4) is 17.0 Å². The number of aromatic nitrogens is 1. The van der Waals surface area contributed by atoms with Gasteiger partial charge in [0.2, 0.25) is 5.76 Å². The molecule has 0 spiro atoms. The molecule has 0 aliphatic rings. The monoisotopic (exact) mass is 289 g/mol. The number of hydrogen-bond acceptors (Lipinski definition) is 4. The first-order valence-electron chi connectivity index (χ1n) is 4.87. The fraction of sp³-hybridized carbons (Fsp3) is 0.0909. The maximum absolute atomic E-state index is 14.0. The zero-order valence-corrected chi connectivity index (χ0v) is 10.2. The molecule has 8 heteroatoms. The first-order valence-corrected chi connectivity index (χ1v) is 5.25. The smallest absolute Gasteiger partial charge is 0.374 e. The lowest BCUT2D eigenvalue weighted by Gasteiger charge is -2.08. The summed E-state index contributed by atoms with van der Waals surface area (Å²) in [5, 5.41) is 11.7. The normalized spacial score (nSPS) is 10.5. The van der Waals surface area contributed by atoms with Gasteiger partial charge in [0.1, 0.15) is 5.69 Å². The molecule has 0 aliphatic heterocycles. The van der Waals surface area contributed by atoms with Gasteiger partial charge in [-0.3, -0.25) is 0 Å². The van der Waals surface area contributed by atoms with Crippen LogP contribution >= 0.6 is 11.6 Å². The van der Waals surface area contributed by atoms with Gasteiger partial charge in [-0.1, -0.05) is 16.8 Å². The van der Waals surface area contributed by atoms with Crippen LogP contribution in [0.5, 0.6) is 5.75 Å². The average Bonchev–Trinajstić information content (AvgIpc) is 2.84. The third kappa shape index (κ3) is 2.24. The molecule has 2 rings (SSSR count). The molecule has 0 radical (unpaired) electrons. The number of benzene rings is 1. The van der Waals surface area contributed by atoms with Gasteiger partial charge in [-0.2, -0.15) is 0 Å². The van der Waals surface area contributed by atoms with E-state index in [4.69, 9.17) is 16.7 Å². The number of methoxy groups -OCH3 is 1. The number of ether oxygens (including phenoxy) is 1. The molecule has 0 fully saturated rings. The van der Waals surface area contributed by atoms with E-state index in [1.54, 1.807) is 0 Å². The Labute approximate surface area is 110 Å². The summed E-state index contributed by atoms with van der Waals surface area (Å²) in [6.45, 7) is 0. The standard InChI is InChI=1S/C11H6ClF2NO4/c1-18-10-8(13)4(2-5(12)9(10)14)6-3-7(11(16)17)19-15-6/h2-3H,1H3,(H,16,17). The van der Waals surface area contributed by atoms with Crippen molar-refractivity contribution < 1.29 is 27.9 Å². The van der Waals surface area contributed by atoms with Crippen molar-refractivity contribution in [1.82, 2.24) is 5.16 Å². The van der Waals surface area contributed by atoms with Gasteiger partial charge < -0.3 is 14.4 Å². The summed E-state index contributed by atoms with van der Waals surface area (Å²) in [6, 6.07) is 1.96. The molecular formula is C11H6ClF2NO4. The van der Waals surface area contributed by atoms with Crippen LogP contribution in [0.4, 0.5) is 8.78 Å². The fourth-order valence-corrected chi connectivity index (χ4v) is 1.64. The Kier molecular flexibility index (Phi) is 3.39. The summed E-state index contributed by atoms with van der Waals surface area (Å²) in [6.07, 6.45) is 0. The lowest BCUT2D eigenvalue weighted by atomic mass is 10.1. The van der Waals surface area contributed by atoms with E-state index in [0.29, 0.717) is 0 Å². The van der Waals surface area contributed by atoms with Crippen molar-refractivity contribution in [3.05, 3.63) is 34.6 Å². The molecule has 0 unspecified atom stereocenters. The quantitative estimate of drug-likeness (QED) is 0.879. The number of rotatable bonds is 3. The van der Waals surface area contributed by atoms with Crippen LogP contribution in [0.2, 0.25) is 5.02 Å². The van der Waals surface area contributed by atoms with Crippen LogP contribution in [0.1, 0.15) is 10.6 Å². The minimum Gasteiger partial charge on any atom is -0.491 e. The van der Waals surface area contributed by atoms with Crippen molar-refractivity contribution in [2.24, 2.45) is 0 Å². The summed E-state index contributed by atoms with van der Waals surface area (Å²) in [4.78, 5) is 10.6. The van der Waals surface area contributed by atoms with E-state index in [0.717, 1.165) is 19.2 Å². The highest BCUT2D eigenvalue weighted by molar-refractivity contribution is 6.31. The van der Waals surface area contributed by atoms with Crippen molar-refractivity contribution in [2.45, 2.75) is 0 Å². The van der Waals surface area contributed by atoms with Gasteiger partial charge >= 0.3 is 5.97 Å². The molecule has 0 atom stereocenters. The molecule has 1 aromatic heterocycles. The molecule has 1 aromatic carbocycles. The van der Waals surface area contributed by atoms with Crippen LogP contribution in [0.25, 0.3) is 11.3 Å². The van der Waals surface area contributed by atoms with Crippen LogP contribution < -0.4 is 4.74 Å². The number of carboxylic acids is 1. The largest absolute Gasteiger partial charge is 0.491 e. The van der Waals surface area contributed by atoms with Crippen LogP contribution in [0.3, 0.4) is 0 Å². The van der Waals surface area contributed by atoms with Gasteiger partial charge in [0.15, 0.2) is 17.4 Å². The van der Waals surface area contributed by atoms with Gasteiger partial charge in [0.05, 0.1) is 12.1 Å². The number of carboxylic acid groups (broad SMARTS) is 1. The maximum Gasteiger partial charge on any atom is 0.374 e. The van der Waals surface area contributed by atoms with Crippen LogP contribution in [0.15, 0.2) is 16.7 Å². The Hall–Kier alpha value is -2.15. The Balaban J connectivity index is 2.61. The molecule has 1 heterocycles. The van der Waals surface area contributed by atoms with E-state index in [9.17, 15) is 13.6 Å². The molecule has 5 nitrogen and oxygen atoms in total. The fourth-order valence-electron chi connectivity index (χ4n) is 1.45. The molecule has 0 amide bonds. The average molecular weight is 290 g/mol. The van der Waals surface area contributed by atoms with Crippen LogP contribution in [-0.2, 0) is 0 Å². The molecule has 2 aromatic rings. The number of hydrogen-bond donors (Lipinski definition) is 1. The predicted molar refractivity (Wildman–Crippen MR) is 60.4 cm³/mol. The second kappa shape index (κ2) is 4.85. The molecule has 100 valence electrons. The van der Waals surface area contributed by atoms with E-state index in [2.05, 4.69) is 14.4 Å². The van der Waals surface area contributed by atoms with Gasteiger partial charge in [0.25, 0.3) is 0 Å².